The highest BCUT2D eigenvalue weighted by Gasteiger charge is 2.56. The first-order chi connectivity index (χ1) is 18.4. The average Bonchev–Trinajstić information content (AvgIpc) is 2.96. The van der Waals surface area contributed by atoms with Crippen molar-refractivity contribution in [2.75, 3.05) is 35.5 Å². The van der Waals surface area contributed by atoms with E-state index < -0.39 is 29.9 Å². The Morgan fingerprint density at radius 3 is 2.21 bits per heavy atom. The average molecular weight is 525 g/mol. The van der Waals surface area contributed by atoms with Crippen LogP contribution in [0.15, 0.2) is 30.3 Å². The molecule has 0 aliphatic carbocycles. The molecule has 2 aromatic rings. The van der Waals surface area contributed by atoms with E-state index in [1.165, 1.54) is 38.4 Å². The summed E-state index contributed by atoms with van der Waals surface area (Å²) in [7, 11) is 7.55. The largest absolute Gasteiger partial charge is 0.497 e. The maximum Gasteiger partial charge on any atom is 0.295 e. The van der Waals surface area contributed by atoms with Crippen LogP contribution in [0.3, 0.4) is 0 Å². The zero-order valence-corrected chi connectivity index (χ0v) is 22.2. The van der Waals surface area contributed by atoms with Gasteiger partial charge < -0.3 is 33.5 Å². The maximum absolute atomic E-state index is 13.9. The number of nitrogens with zero attached hydrogens (tertiary/aromatic N) is 2. The Bertz CT molecular complexity index is 1250. The molecule has 5 rings (SSSR count). The van der Waals surface area contributed by atoms with Crippen LogP contribution in [0.25, 0.3) is 0 Å². The summed E-state index contributed by atoms with van der Waals surface area (Å²) >= 11 is 0. The van der Waals surface area contributed by atoms with Crippen molar-refractivity contribution in [3.63, 3.8) is 0 Å². The van der Waals surface area contributed by atoms with Crippen LogP contribution in [-0.2, 0) is 20.9 Å². The molecule has 2 fully saturated rings. The predicted octanol–water partition coefficient (Wildman–Crippen LogP) is 2.77. The van der Waals surface area contributed by atoms with Crippen molar-refractivity contribution < 1.29 is 38.1 Å². The maximum atomic E-state index is 13.9. The van der Waals surface area contributed by atoms with Crippen molar-refractivity contribution in [2.45, 2.75) is 50.0 Å². The van der Waals surface area contributed by atoms with E-state index in [-0.39, 0.29) is 29.0 Å². The number of benzene rings is 2. The lowest BCUT2D eigenvalue weighted by molar-refractivity contribution is -0.173. The van der Waals surface area contributed by atoms with Gasteiger partial charge in [0.05, 0.1) is 40.5 Å². The number of piperazine rings is 1. The third-order valence-corrected chi connectivity index (χ3v) is 7.91. The molecule has 3 aliphatic rings. The Hall–Kier alpha value is -3.79. The summed E-state index contributed by atoms with van der Waals surface area (Å²) in [6.45, 7) is 0.415. The zero-order chi connectivity index (χ0) is 27.1. The van der Waals surface area contributed by atoms with Gasteiger partial charge in [-0.2, -0.15) is 0 Å². The molecule has 3 aliphatic heterocycles. The van der Waals surface area contributed by atoms with Gasteiger partial charge in [-0.3, -0.25) is 14.4 Å². The van der Waals surface area contributed by atoms with E-state index in [1.807, 2.05) is 23.1 Å². The standard InChI is InChI=1S/C28H32N2O8/c1-34-17-10-9-15-14-29-23(25(37-4)18(15)13-17)19-7-6-8-20(27(29)32)30(19)28(33)24(31)16-11-21(35-2)26(38-5)22(12-16)36-3/h9-13,19-20,23,25H,6-8,14H2,1-5H3. The molecule has 0 N–H and O–H groups in total. The number of ether oxygens (including phenoxy) is 5. The van der Waals surface area contributed by atoms with Crippen LogP contribution < -0.4 is 18.9 Å². The van der Waals surface area contributed by atoms with Crippen LogP contribution in [0.4, 0.5) is 0 Å². The van der Waals surface area contributed by atoms with Gasteiger partial charge in [0.2, 0.25) is 11.7 Å². The number of hydrogen-bond donors (Lipinski definition) is 0. The fraction of sp³-hybridized carbons (Fsp3) is 0.464. The predicted molar refractivity (Wildman–Crippen MR) is 136 cm³/mol. The van der Waals surface area contributed by atoms with Crippen molar-refractivity contribution in [3.8, 4) is 23.0 Å². The van der Waals surface area contributed by atoms with Crippen molar-refractivity contribution in [1.29, 1.82) is 0 Å². The van der Waals surface area contributed by atoms with E-state index in [0.717, 1.165) is 17.5 Å². The third-order valence-electron chi connectivity index (χ3n) is 7.91. The van der Waals surface area contributed by atoms with Gasteiger partial charge >= 0.3 is 0 Å². The SMILES string of the molecule is COc1ccc2c(c1)C(OC)C1C3CCCC(C(=O)N1C2)N3C(=O)C(=O)c1cc(OC)c(OC)c(OC)c1. The molecular formula is C28H32N2O8. The number of Topliss-reactive ketones (excluding diaryl/α,β-unsaturated/α-hetero) is 1. The van der Waals surface area contributed by atoms with Crippen LogP contribution in [0.2, 0.25) is 0 Å². The van der Waals surface area contributed by atoms with E-state index in [2.05, 4.69) is 0 Å². The van der Waals surface area contributed by atoms with Gasteiger partial charge in [-0.15, -0.1) is 0 Å². The summed E-state index contributed by atoms with van der Waals surface area (Å²) in [6.07, 6.45) is 1.45. The van der Waals surface area contributed by atoms with Crippen molar-refractivity contribution in [1.82, 2.24) is 9.80 Å². The normalized spacial score (nSPS) is 23.8. The summed E-state index contributed by atoms with van der Waals surface area (Å²) in [5.74, 6) is -0.0990. The topological polar surface area (TPSA) is 104 Å². The molecule has 2 amide bonds. The second-order valence-corrected chi connectivity index (χ2v) is 9.65. The van der Waals surface area contributed by atoms with Crippen molar-refractivity contribution in [3.05, 3.63) is 47.0 Å². The molecule has 0 radical (unpaired) electrons. The molecule has 4 unspecified atom stereocenters. The molecule has 10 heteroatoms. The third kappa shape index (κ3) is 3.94. The number of fused-ring (bicyclic) bond motifs is 5. The second-order valence-electron chi connectivity index (χ2n) is 9.65. The Balaban J connectivity index is 1.53. The van der Waals surface area contributed by atoms with Gasteiger partial charge in [0.25, 0.3) is 11.7 Å². The molecule has 0 saturated carbocycles. The lowest BCUT2D eigenvalue weighted by Gasteiger charge is -2.57. The number of piperidine rings is 1. The van der Waals surface area contributed by atoms with E-state index in [1.54, 1.807) is 14.2 Å². The second kappa shape index (κ2) is 10.2. The highest BCUT2D eigenvalue weighted by atomic mass is 16.5. The number of methoxy groups -OCH3 is 5. The molecular weight excluding hydrogens is 492 g/mol. The lowest BCUT2D eigenvalue weighted by Crippen LogP contribution is -2.72. The lowest BCUT2D eigenvalue weighted by atomic mass is 9.77. The number of rotatable bonds is 7. The summed E-state index contributed by atoms with van der Waals surface area (Å²) in [5, 5.41) is 0. The molecule has 10 nitrogen and oxygen atoms in total. The first kappa shape index (κ1) is 25.8. The molecule has 38 heavy (non-hydrogen) atoms. The minimum absolute atomic E-state index is 0.0967. The summed E-state index contributed by atoms with van der Waals surface area (Å²) in [5.41, 5.74) is 2.00. The van der Waals surface area contributed by atoms with E-state index in [4.69, 9.17) is 23.7 Å². The van der Waals surface area contributed by atoms with E-state index in [9.17, 15) is 14.4 Å². The first-order valence-electron chi connectivity index (χ1n) is 12.6. The smallest absolute Gasteiger partial charge is 0.295 e. The number of carbonyl (C=O) groups excluding carboxylic acids is 3. The highest BCUT2D eigenvalue weighted by molar-refractivity contribution is 6.43. The molecule has 4 atom stereocenters. The number of hydrogen-bond acceptors (Lipinski definition) is 8. The molecule has 2 aromatic carbocycles. The Morgan fingerprint density at radius 2 is 1.61 bits per heavy atom. The van der Waals surface area contributed by atoms with E-state index >= 15 is 0 Å². The number of carbonyl (C=O) groups is 3. The number of amides is 2. The van der Waals surface area contributed by atoms with Crippen LogP contribution in [0.5, 0.6) is 23.0 Å². The fourth-order valence-corrected chi connectivity index (χ4v) is 6.19. The van der Waals surface area contributed by atoms with Gasteiger partial charge in [-0.05, 0) is 54.7 Å². The molecule has 202 valence electrons. The Labute approximate surface area is 221 Å². The van der Waals surface area contributed by atoms with Gasteiger partial charge in [0, 0.05) is 19.2 Å². The van der Waals surface area contributed by atoms with Crippen LogP contribution in [-0.4, -0.2) is 81.1 Å². The highest BCUT2D eigenvalue weighted by Crippen LogP contribution is 2.45. The van der Waals surface area contributed by atoms with Crippen LogP contribution in [0.1, 0.15) is 46.9 Å². The van der Waals surface area contributed by atoms with Gasteiger partial charge in [-0.1, -0.05) is 6.07 Å². The Kier molecular flexibility index (Phi) is 6.92. The zero-order valence-electron chi connectivity index (χ0n) is 22.2. The molecule has 2 bridgehead atoms. The molecule has 2 saturated heterocycles. The van der Waals surface area contributed by atoms with Crippen LogP contribution in [0, 0.1) is 0 Å². The van der Waals surface area contributed by atoms with Crippen molar-refractivity contribution in [2.24, 2.45) is 0 Å². The fourth-order valence-electron chi connectivity index (χ4n) is 6.19. The number of ketones is 1. The summed E-state index contributed by atoms with van der Waals surface area (Å²) in [6, 6.07) is 7.13. The van der Waals surface area contributed by atoms with Gasteiger partial charge in [0.15, 0.2) is 11.5 Å². The molecule has 0 spiro atoms. The molecule has 0 aromatic heterocycles. The summed E-state index contributed by atoms with van der Waals surface area (Å²) < 4.78 is 27.5. The Morgan fingerprint density at radius 1 is 0.895 bits per heavy atom. The molecule has 3 heterocycles. The van der Waals surface area contributed by atoms with Crippen molar-refractivity contribution >= 4 is 17.6 Å². The van der Waals surface area contributed by atoms with E-state index in [0.29, 0.717) is 30.9 Å². The van der Waals surface area contributed by atoms with Crippen LogP contribution >= 0.6 is 0 Å². The van der Waals surface area contributed by atoms with Gasteiger partial charge in [0.1, 0.15) is 17.9 Å². The quantitative estimate of drug-likeness (QED) is 0.402. The monoisotopic (exact) mass is 524 g/mol. The minimum atomic E-state index is -0.741. The summed E-state index contributed by atoms with van der Waals surface area (Å²) in [4.78, 5) is 44.6. The van der Waals surface area contributed by atoms with Gasteiger partial charge in [-0.25, -0.2) is 0 Å². The first-order valence-corrected chi connectivity index (χ1v) is 12.6. The minimum Gasteiger partial charge on any atom is -0.497 e.